The van der Waals surface area contributed by atoms with Crippen molar-refractivity contribution in [2.24, 2.45) is 11.8 Å². The van der Waals surface area contributed by atoms with Gasteiger partial charge < -0.3 is 4.90 Å². The van der Waals surface area contributed by atoms with Crippen LogP contribution in [-0.4, -0.2) is 25.0 Å². The maximum Gasteiger partial charge on any atom is 0.0666 e. The third-order valence-electron chi connectivity index (χ3n) is 2.95. The third-order valence-corrected chi connectivity index (χ3v) is 2.95. The highest BCUT2D eigenvalue weighted by Gasteiger charge is 2.33. The molecule has 0 spiro atoms. The lowest BCUT2D eigenvalue weighted by molar-refractivity contribution is 0.392. The minimum absolute atomic E-state index is 0.650. The number of hydrogen-bond donors (Lipinski definition) is 0. The summed E-state index contributed by atoms with van der Waals surface area (Å²) >= 11 is 0. The minimum Gasteiger partial charge on any atom is -0.305 e. The lowest BCUT2D eigenvalue weighted by atomic mass is 9.99. The summed E-state index contributed by atoms with van der Waals surface area (Å²) in [6.07, 6.45) is 4.15. The summed E-state index contributed by atoms with van der Waals surface area (Å²) in [5, 5.41) is 8.54. The molecule has 0 aromatic rings. The van der Waals surface area contributed by atoms with Crippen LogP contribution in [0.5, 0.6) is 0 Å². The molecule has 0 aromatic heterocycles. The van der Waals surface area contributed by atoms with Gasteiger partial charge >= 0.3 is 0 Å². The molecule has 0 saturated carbocycles. The summed E-state index contributed by atoms with van der Waals surface area (Å²) < 4.78 is 0. The molecular weight excluding hydrogens is 148 g/mol. The zero-order valence-corrected chi connectivity index (χ0v) is 7.45. The fraction of sp³-hybridized carbons (Fsp3) is 0.700. The van der Waals surface area contributed by atoms with Gasteiger partial charge in [-0.3, -0.25) is 0 Å². The van der Waals surface area contributed by atoms with Crippen molar-refractivity contribution >= 4 is 0 Å². The standard InChI is InChI=1S/C10H14N2/c1-12-6-9-4-8(2-3-11)5-10(9)7-12/h4,9-10H,2,5-7H2,1H3. The van der Waals surface area contributed by atoms with E-state index in [4.69, 9.17) is 5.26 Å². The second-order valence-electron chi connectivity index (χ2n) is 4.01. The number of nitrogens with zero attached hydrogens (tertiary/aromatic N) is 2. The molecule has 1 heterocycles. The Kier molecular flexibility index (Phi) is 1.90. The van der Waals surface area contributed by atoms with Gasteiger partial charge in [0.15, 0.2) is 0 Å². The van der Waals surface area contributed by atoms with Crippen LogP contribution in [0.25, 0.3) is 0 Å². The molecule has 2 unspecified atom stereocenters. The van der Waals surface area contributed by atoms with Crippen LogP contribution in [-0.2, 0) is 0 Å². The molecule has 2 atom stereocenters. The summed E-state index contributed by atoms with van der Waals surface area (Å²) in [6, 6.07) is 2.23. The Bertz CT molecular complexity index is 249. The number of rotatable bonds is 1. The van der Waals surface area contributed by atoms with Crippen LogP contribution < -0.4 is 0 Å². The normalized spacial score (nSPS) is 34.5. The van der Waals surface area contributed by atoms with Gasteiger partial charge in [-0.15, -0.1) is 0 Å². The molecule has 2 aliphatic rings. The van der Waals surface area contributed by atoms with Gasteiger partial charge in [0.1, 0.15) is 0 Å². The lowest BCUT2D eigenvalue weighted by Crippen LogP contribution is -2.14. The van der Waals surface area contributed by atoms with Gasteiger partial charge in [0, 0.05) is 13.1 Å². The first-order valence-electron chi connectivity index (χ1n) is 4.54. The zero-order chi connectivity index (χ0) is 8.55. The topological polar surface area (TPSA) is 27.0 Å². The Balaban J connectivity index is 2.01. The molecule has 0 radical (unpaired) electrons. The third kappa shape index (κ3) is 1.25. The molecular formula is C10H14N2. The Labute approximate surface area is 73.5 Å². The van der Waals surface area contributed by atoms with E-state index in [0.717, 1.165) is 11.8 Å². The molecule has 2 rings (SSSR count). The summed E-state index contributed by atoms with van der Waals surface area (Å²) in [4.78, 5) is 2.38. The SMILES string of the molecule is CN1CC2C=C(CC#N)CC2C1. The van der Waals surface area contributed by atoms with Gasteiger partial charge in [-0.2, -0.15) is 5.26 Å². The van der Waals surface area contributed by atoms with Crippen molar-refractivity contribution in [1.82, 2.24) is 4.90 Å². The number of allylic oxidation sites excluding steroid dienone is 1. The first kappa shape index (κ1) is 7.82. The summed E-state index contributed by atoms with van der Waals surface area (Å²) in [5.74, 6) is 1.57. The second-order valence-corrected chi connectivity index (χ2v) is 4.01. The molecule has 0 amide bonds. The first-order valence-corrected chi connectivity index (χ1v) is 4.54. The quantitative estimate of drug-likeness (QED) is 0.545. The largest absolute Gasteiger partial charge is 0.305 e. The Hall–Kier alpha value is -0.810. The van der Waals surface area contributed by atoms with E-state index in [-0.39, 0.29) is 0 Å². The van der Waals surface area contributed by atoms with Crippen molar-refractivity contribution in [2.45, 2.75) is 12.8 Å². The molecule has 64 valence electrons. The van der Waals surface area contributed by atoms with Crippen molar-refractivity contribution in [1.29, 1.82) is 5.26 Å². The van der Waals surface area contributed by atoms with Crippen molar-refractivity contribution < 1.29 is 0 Å². The van der Waals surface area contributed by atoms with E-state index in [0.29, 0.717) is 6.42 Å². The van der Waals surface area contributed by atoms with Crippen molar-refractivity contribution in [3.8, 4) is 6.07 Å². The molecule has 0 aromatic carbocycles. The van der Waals surface area contributed by atoms with E-state index in [1.165, 1.54) is 25.1 Å². The molecule has 1 aliphatic heterocycles. The summed E-state index contributed by atoms with van der Waals surface area (Å²) in [5.41, 5.74) is 1.38. The Morgan fingerprint density at radius 1 is 1.67 bits per heavy atom. The first-order chi connectivity index (χ1) is 5.79. The number of nitriles is 1. The van der Waals surface area contributed by atoms with Crippen molar-refractivity contribution in [3.63, 3.8) is 0 Å². The summed E-state index contributed by atoms with van der Waals surface area (Å²) in [6.45, 7) is 2.41. The lowest BCUT2D eigenvalue weighted by Gasteiger charge is -2.07. The van der Waals surface area contributed by atoms with Gasteiger partial charge in [0.05, 0.1) is 12.5 Å². The summed E-state index contributed by atoms with van der Waals surface area (Å²) in [7, 11) is 2.18. The van der Waals surface area contributed by atoms with Crippen LogP contribution in [0, 0.1) is 23.2 Å². The van der Waals surface area contributed by atoms with E-state index in [1.807, 2.05) is 0 Å². The highest BCUT2D eigenvalue weighted by atomic mass is 15.1. The molecule has 2 heteroatoms. The van der Waals surface area contributed by atoms with E-state index >= 15 is 0 Å². The van der Waals surface area contributed by atoms with Gasteiger partial charge in [-0.1, -0.05) is 11.6 Å². The highest BCUT2D eigenvalue weighted by Crippen LogP contribution is 2.36. The molecule has 1 fully saturated rings. The fourth-order valence-corrected chi connectivity index (χ4v) is 2.46. The Morgan fingerprint density at radius 2 is 2.50 bits per heavy atom. The highest BCUT2D eigenvalue weighted by molar-refractivity contribution is 5.19. The maximum absolute atomic E-state index is 8.54. The van der Waals surface area contributed by atoms with Crippen LogP contribution in [0.4, 0.5) is 0 Å². The smallest absolute Gasteiger partial charge is 0.0666 e. The van der Waals surface area contributed by atoms with Crippen LogP contribution in [0.15, 0.2) is 11.6 Å². The van der Waals surface area contributed by atoms with Gasteiger partial charge in [-0.25, -0.2) is 0 Å². The van der Waals surface area contributed by atoms with E-state index in [1.54, 1.807) is 0 Å². The predicted octanol–water partition coefficient (Wildman–Crippen LogP) is 1.41. The molecule has 1 saturated heterocycles. The number of hydrogen-bond acceptors (Lipinski definition) is 2. The van der Waals surface area contributed by atoms with Crippen molar-refractivity contribution in [3.05, 3.63) is 11.6 Å². The monoisotopic (exact) mass is 162 g/mol. The van der Waals surface area contributed by atoms with E-state index in [2.05, 4.69) is 24.1 Å². The molecule has 0 N–H and O–H groups in total. The number of likely N-dealkylation sites (tertiary alicyclic amines) is 1. The second kappa shape index (κ2) is 2.91. The van der Waals surface area contributed by atoms with Crippen LogP contribution in [0.3, 0.4) is 0 Å². The maximum atomic E-state index is 8.54. The van der Waals surface area contributed by atoms with Crippen LogP contribution >= 0.6 is 0 Å². The van der Waals surface area contributed by atoms with Crippen LogP contribution in [0.1, 0.15) is 12.8 Å². The average Bonchev–Trinajstić information content (AvgIpc) is 2.44. The fourth-order valence-electron chi connectivity index (χ4n) is 2.46. The van der Waals surface area contributed by atoms with E-state index < -0.39 is 0 Å². The van der Waals surface area contributed by atoms with E-state index in [9.17, 15) is 0 Å². The number of fused-ring (bicyclic) bond motifs is 1. The molecule has 2 nitrogen and oxygen atoms in total. The molecule has 12 heavy (non-hydrogen) atoms. The molecule has 0 bridgehead atoms. The predicted molar refractivity (Wildman–Crippen MR) is 47.4 cm³/mol. The van der Waals surface area contributed by atoms with Crippen LogP contribution in [0.2, 0.25) is 0 Å². The minimum atomic E-state index is 0.650. The zero-order valence-electron chi connectivity index (χ0n) is 7.45. The molecule has 1 aliphatic carbocycles. The Morgan fingerprint density at radius 3 is 3.17 bits per heavy atom. The van der Waals surface area contributed by atoms with Gasteiger partial charge in [-0.05, 0) is 25.3 Å². The van der Waals surface area contributed by atoms with Crippen molar-refractivity contribution in [2.75, 3.05) is 20.1 Å². The average molecular weight is 162 g/mol. The van der Waals surface area contributed by atoms with Gasteiger partial charge in [0.25, 0.3) is 0 Å². The van der Waals surface area contributed by atoms with Gasteiger partial charge in [0.2, 0.25) is 0 Å².